The molecule has 5 heterocycles. The van der Waals surface area contributed by atoms with E-state index in [0.29, 0.717) is 33.6 Å². The largest absolute Gasteiger partial charge is 0.503 e. The maximum atomic E-state index is 13.7. The second-order valence-electron chi connectivity index (χ2n) is 12.5. The number of rotatable bonds is 14. The monoisotopic (exact) mass is 835 g/mol. The number of allylic oxidation sites excluding steroid dienone is 1. The number of hydrogen-bond acceptors (Lipinski definition) is 16. The number of aliphatic carboxylic acids is 2. The smallest absolute Gasteiger partial charge is 0.352 e. The van der Waals surface area contributed by atoms with Crippen LogP contribution in [0.25, 0.3) is 0 Å². The Kier molecular flexibility index (Phi) is 12.7. The summed E-state index contributed by atoms with van der Waals surface area (Å²) in [5, 5.41) is 50.2. The number of nitrogens with two attached hydrogens (primary N) is 2. The van der Waals surface area contributed by atoms with Crippen LogP contribution in [0, 0.1) is 5.92 Å². The molecule has 0 bridgehead atoms. The average molecular weight is 836 g/mol. The zero-order chi connectivity index (χ0) is 41.0. The lowest BCUT2D eigenvalue weighted by Gasteiger charge is -2.49. The molecule has 2 aromatic heterocycles. The minimum atomic E-state index is -1.43. The number of carbonyl (C=O) groups is 5. The van der Waals surface area contributed by atoms with E-state index in [0.717, 1.165) is 22.7 Å². The number of carboxylic acid groups (broad SMARTS) is 2. The molecule has 56 heavy (non-hydrogen) atoms. The molecule has 0 aliphatic carbocycles. The van der Waals surface area contributed by atoms with Crippen LogP contribution in [0.1, 0.15) is 30.8 Å². The third-order valence-electron chi connectivity index (χ3n) is 8.50. The van der Waals surface area contributed by atoms with Gasteiger partial charge in [-0.25, -0.2) is 14.2 Å². The van der Waals surface area contributed by atoms with Crippen LogP contribution < -0.4 is 37.4 Å². The van der Waals surface area contributed by atoms with Crippen LogP contribution in [0.15, 0.2) is 67.1 Å². The van der Waals surface area contributed by atoms with Gasteiger partial charge < -0.3 is 52.8 Å². The molecule has 5 rings (SSSR count). The molecule has 1 saturated heterocycles. The quantitative estimate of drug-likeness (QED) is 0.0289. The predicted octanol–water partition coefficient (Wildman–Crippen LogP) is -0.494. The van der Waals surface area contributed by atoms with Crippen LogP contribution in [0.2, 0.25) is 0 Å². The van der Waals surface area contributed by atoms with Gasteiger partial charge >= 0.3 is 11.9 Å². The zero-order valence-electron chi connectivity index (χ0n) is 29.5. The van der Waals surface area contributed by atoms with Crippen molar-refractivity contribution in [1.82, 2.24) is 25.2 Å². The van der Waals surface area contributed by atoms with Gasteiger partial charge in [-0.05, 0) is 24.2 Å². The lowest BCUT2D eigenvalue weighted by atomic mass is 9.94. The van der Waals surface area contributed by atoms with E-state index in [1.807, 2.05) is 0 Å². The molecule has 0 saturated carbocycles. The van der Waals surface area contributed by atoms with E-state index in [9.17, 15) is 49.3 Å². The molecule has 11 N–H and O–H groups in total. The van der Waals surface area contributed by atoms with Crippen molar-refractivity contribution in [2.45, 2.75) is 44.3 Å². The van der Waals surface area contributed by atoms with Crippen LogP contribution >= 0.6 is 35.1 Å². The van der Waals surface area contributed by atoms with E-state index >= 15 is 0 Å². The van der Waals surface area contributed by atoms with Crippen LogP contribution in [0.5, 0.6) is 5.75 Å². The fourth-order valence-electron chi connectivity index (χ4n) is 5.60. The highest BCUT2D eigenvalue weighted by Gasteiger charge is 2.54. The molecule has 3 amide bonds. The first kappa shape index (κ1) is 41.2. The number of fused-ring (bicyclic) bond motifs is 1. The van der Waals surface area contributed by atoms with Crippen molar-refractivity contribution < 1.29 is 53.9 Å². The molecule has 0 aromatic carbocycles. The van der Waals surface area contributed by atoms with Gasteiger partial charge in [0.05, 0.1) is 15.6 Å². The normalized spacial score (nSPS) is 20.2. The standard InChI is InChI=1S/C32H35ClN10O11S2/c1-13-3-4-20(34)56-25(33)21(13)22(40-54-14(2)31(49)50)28(47)39-23-29(48)43-24(32(51)52)15(11-55-30(23)43)8-41-9-16(26(35)38-12-41)36-5-6-37-27(46)17-7-18(44)19(45)10-42(17)53/h4,7,9-10,12-14,23,30,35-36,53H,3,5-6,8,11,34H2,1-2H3,(H5,37,39,45,46,47,49,50,51,52)/p+1/b40-22-/t13?,14-,23?,30?/m0/s1. The van der Waals surface area contributed by atoms with Gasteiger partial charge in [-0.3, -0.25) is 24.1 Å². The molecule has 0 radical (unpaired) electrons. The van der Waals surface area contributed by atoms with Crippen LogP contribution in [0.3, 0.4) is 0 Å². The van der Waals surface area contributed by atoms with E-state index in [2.05, 4.69) is 26.1 Å². The first-order valence-corrected chi connectivity index (χ1v) is 18.7. The lowest BCUT2D eigenvalue weighted by molar-refractivity contribution is -0.691. The maximum absolute atomic E-state index is 13.7. The van der Waals surface area contributed by atoms with Crippen molar-refractivity contribution in [3.05, 3.63) is 73.0 Å². The zero-order valence-corrected chi connectivity index (χ0v) is 31.9. The summed E-state index contributed by atoms with van der Waals surface area (Å²) in [6.45, 7) is 3.05. The summed E-state index contributed by atoms with van der Waals surface area (Å²) in [6, 6.07) is -0.408. The number of carboxylic acids is 2. The Morgan fingerprint density at radius 2 is 1.95 bits per heavy atom. The second kappa shape index (κ2) is 17.2. The van der Waals surface area contributed by atoms with Crippen molar-refractivity contribution >= 4 is 82.0 Å². The van der Waals surface area contributed by atoms with Gasteiger partial charge in [0.15, 0.2) is 11.5 Å². The molecular weight excluding hydrogens is 800 g/mol. The van der Waals surface area contributed by atoms with Gasteiger partial charge in [-0.15, -0.1) is 11.8 Å². The Balaban J connectivity index is 1.28. The Labute approximate surface area is 330 Å². The number of thioether (sulfide) groups is 2. The number of nitrogens with one attached hydrogen (secondary N) is 3. The highest BCUT2D eigenvalue weighted by molar-refractivity contribution is 8.08. The number of nitrogens with zero attached hydrogens (tertiary/aromatic N) is 5. The van der Waals surface area contributed by atoms with Crippen molar-refractivity contribution in [3.8, 4) is 5.75 Å². The van der Waals surface area contributed by atoms with E-state index in [1.165, 1.54) is 29.6 Å². The summed E-state index contributed by atoms with van der Waals surface area (Å²) in [6.07, 6.45) is 4.25. The number of halogens is 1. The number of oxime groups is 1. The number of pyridine rings is 1. The lowest BCUT2D eigenvalue weighted by Crippen LogP contribution is -2.71. The number of aromatic hydroxyl groups is 1. The summed E-state index contributed by atoms with van der Waals surface area (Å²) in [5.74, 6) is -6.06. The molecule has 24 heteroatoms. The average Bonchev–Trinajstić information content (AvgIpc) is 3.27. The van der Waals surface area contributed by atoms with E-state index in [4.69, 9.17) is 27.9 Å². The fourth-order valence-corrected chi connectivity index (χ4v) is 8.27. The van der Waals surface area contributed by atoms with E-state index in [-0.39, 0.29) is 52.6 Å². The van der Waals surface area contributed by atoms with Crippen molar-refractivity contribution in [2.75, 3.05) is 29.9 Å². The van der Waals surface area contributed by atoms with Gasteiger partial charge in [-0.2, -0.15) is 4.73 Å². The third-order valence-corrected chi connectivity index (χ3v) is 11.1. The summed E-state index contributed by atoms with van der Waals surface area (Å²) in [4.78, 5) is 85.6. The minimum absolute atomic E-state index is 0.000348. The molecule has 0 spiro atoms. The molecule has 3 aliphatic heterocycles. The number of carbonyl (C=O) groups excluding carboxylic acids is 3. The van der Waals surface area contributed by atoms with Gasteiger partial charge in [0.25, 0.3) is 29.9 Å². The first-order valence-electron chi connectivity index (χ1n) is 16.5. The van der Waals surface area contributed by atoms with Crippen molar-refractivity contribution in [2.24, 2.45) is 16.8 Å². The molecular formula is C32H36ClN10O11S2+. The fraction of sp³-hybridized carbons (Fsp3) is 0.344. The second-order valence-corrected chi connectivity index (χ2v) is 15.2. The minimum Gasteiger partial charge on any atom is -0.503 e. The highest BCUT2D eigenvalue weighted by atomic mass is 35.5. The molecule has 21 nitrogen and oxygen atoms in total. The molecule has 298 valence electrons. The Bertz CT molecular complexity index is 2180. The highest BCUT2D eigenvalue weighted by Crippen LogP contribution is 2.41. The third kappa shape index (κ3) is 8.95. The number of nitrogen functional groups attached to an aromatic ring is 1. The topological polar surface area (TPSA) is 318 Å². The van der Waals surface area contributed by atoms with Gasteiger partial charge in [0.2, 0.25) is 11.5 Å². The SMILES string of the molecule is CC1CC=C(N)SC(Cl)=C1/C(=N/O[C@@H](C)C(=O)O)C(=O)NC1C(=O)N2C(C(=O)O)=C(C[n+]3cnc(N)c(NCCNC(=O)c4cc(=O)c(O)cn4O)c3)CSC12. The maximum Gasteiger partial charge on any atom is 0.352 e. The van der Waals surface area contributed by atoms with Crippen molar-refractivity contribution in [1.29, 1.82) is 0 Å². The Morgan fingerprint density at radius 1 is 1.21 bits per heavy atom. The molecule has 1 fully saturated rings. The van der Waals surface area contributed by atoms with Crippen LogP contribution in [0.4, 0.5) is 11.5 Å². The molecule has 4 atom stereocenters. The number of hydrogen-bond donors (Lipinski definition) is 9. The van der Waals surface area contributed by atoms with Gasteiger partial charge in [0, 0.05) is 36.1 Å². The summed E-state index contributed by atoms with van der Waals surface area (Å²) in [5.41, 5.74) is 11.0. The van der Waals surface area contributed by atoms with Crippen LogP contribution in [-0.4, -0.2) is 107 Å². The predicted molar refractivity (Wildman–Crippen MR) is 201 cm³/mol. The van der Waals surface area contributed by atoms with Gasteiger partial charge in [0.1, 0.15) is 41.2 Å². The summed E-state index contributed by atoms with van der Waals surface area (Å²) < 4.78 is 1.95. The summed E-state index contributed by atoms with van der Waals surface area (Å²) >= 11 is 8.71. The van der Waals surface area contributed by atoms with Gasteiger partial charge in [-0.1, -0.05) is 41.5 Å². The molecule has 2 aromatic rings. The van der Waals surface area contributed by atoms with Crippen molar-refractivity contribution in [3.63, 3.8) is 0 Å². The van der Waals surface area contributed by atoms with E-state index < -0.39 is 70.0 Å². The Hall–Kier alpha value is -5.94. The number of β-lactam (4-membered cyclic amide) rings is 1. The first-order chi connectivity index (χ1) is 26.5. The van der Waals surface area contributed by atoms with Crippen LogP contribution in [-0.2, 0) is 30.6 Å². The number of anilines is 2. The number of amides is 3. The number of aromatic nitrogens is 3. The molecule has 3 unspecified atom stereocenters. The summed E-state index contributed by atoms with van der Waals surface area (Å²) in [7, 11) is 0. The molecule has 3 aliphatic rings. The van der Waals surface area contributed by atoms with E-state index in [1.54, 1.807) is 19.2 Å². The Morgan fingerprint density at radius 3 is 2.64 bits per heavy atom.